The van der Waals surface area contributed by atoms with Crippen LogP contribution in [0.4, 0.5) is 4.79 Å². The lowest BCUT2D eigenvalue weighted by Crippen LogP contribution is -2.42. The van der Waals surface area contributed by atoms with E-state index in [0.29, 0.717) is 43.3 Å². The zero-order valence-corrected chi connectivity index (χ0v) is 19.8. The molecule has 0 unspecified atom stereocenters. The van der Waals surface area contributed by atoms with Crippen LogP contribution in [0.15, 0.2) is 27.4 Å². The molecule has 0 atom stereocenters. The largest absolute Gasteiger partial charge is 0.474 e. The summed E-state index contributed by atoms with van der Waals surface area (Å²) in [5, 5.41) is 4.18. The average molecular weight is 497 g/mol. The van der Waals surface area contributed by atoms with Gasteiger partial charge in [0.2, 0.25) is 5.88 Å². The second-order valence-electron chi connectivity index (χ2n) is 7.22. The van der Waals surface area contributed by atoms with Gasteiger partial charge >= 0.3 is 6.09 Å². The summed E-state index contributed by atoms with van der Waals surface area (Å²) < 4.78 is 12.4. The Morgan fingerprint density at radius 2 is 1.97 bits per heavy atom. The Morgan fingerprint density at radius 1 is 1.27 bits per heavy atom. The molecular weight excluding hydrogens is 472 g/mol. The van der Waals surface area contributed by atoms with Gasteiger partial charge in [0.15, 0.2) is 0 Å². The Hall–Kier alpha value is -2.20. The van der Waals surface area contributed by atoms with Crippen LogP contribution >= 0.6 is 27.3 Å². The Kier molecular flexibility index (Phi) is 7.65. The van der Waals surface area contributed by atoms with Crippen LogP contribution in [-0.4, -0.2) is 52.0 Å². The molecule has 1 aliphatic rings. The van der Waals surface area contributed by atoms with Gasteiger partial charge in [0.05, 0.1) is 26.0 Å². The van der Waals surface area contributed by atoms with E-state index in [1.165, 1.54) is 6.33 Å². The lowest BCUT2D eigenvalue weighted by molar-refractivity contribution is 0.0504. The molecule has 3 heterocycles. The summed E-state index contributed by atoms with van der Waals surface area (Å²) in [6, 6.07) is 3.94. The first-order valence-corrected chi connectivity index (χ1v) is 11.4. The summed E-state index contributed by atoms with van der Waals surface area (Å²) >= 11 is 5.02. The molecule has 0 bridgehead atoms. The van der Waals surface area contributed by atoms with Crippen molar-refractivity contribution in [2.45, 2.75) is 52.7 Å². The Bertz CT molecular complexity index is 910. The van der Waals surface area contributed by atoms with Gasteiger partial charge in [-0.3, -0.25) is 0 Å². The maximum atomic E-state index is 12.0. The van der Waals surface area contributed by atoms with Crippen molar-refractivity contribution in [2.75, 3.05) is 13.1 Å². The van der Waals surface area contributed by atoms with Crippen molar-refractivity contribution in [3.8, 4) is 11.8 Å². The molecule has 0 radical (unpaired) electrons. The molecule has 30 heavy (non-hydrogen) atoms. The third-order valence-corrected chi connectivity index (χ3v) is 6.24. The number of rotatable bonds is 6. The number of carbonyl (C=O) groups excluding carboxylic acids is 1. The lowest BCUT2D eigenvalue weighted by Gasteiger charge is -2.31. The minimum atomic E-state index is -0.275. The third-order valence-electron chi connectivity index (χ3n) is 4.51. The van der Waals surface area contributed by atoms with Crippen LogP contribution in [0.2, 0.25) is 0 Å². The van der Waals surface area contributed by atoms with Crippen molar-refractivity contribution in [3.05, 3.63) is 32.7 Å². The molecule has 0 aromatic carbocycles. The van der Waals surface area contributed by atoms with E-state index in [-0.39, 0.29) is 18.3 Å². The number of thiophene rings is 1. The molecule has 2 aromatic rings. The molecule has 162 valence electrons. The Labute approximate surface area is 188 Å². The zero-order chi connectivity index (χ0) is 21.7. The van der Waals surface area contributed by atoms with E-state index in [1.807, 2.05) is 39.8 Å². The normalized spacial score (nSPS) is 15.4. The number of ether oxygens (including phenoxy) is 2. The Balaban J connectivity index is 1.58. The maximum absolute atomic E-state index is 12.0. The van der Waals surface area contributed by atoms with E-state index < -0.39 is 0 Å². The molecular formula is C20H25BrN4O4S. The van der Waals surface area contributed by atoms with Crippen LogP contribution in [0.25, 0.3) is 0 Å². The highest BCUT2D eigenvalue weighted by Gasteiger charge is 2.26. The van der Waals surface area contributed by atoms with Gasteiger partial charge in [-0.15, -0.1) is 11.3 Å². The Morgan fingerprint density at radius 3 is 2.60 bits per heavy atom. The summed E-state index contributed by atoms with van der Waals surface area (Å²) in [6.45, 7) is 8.58. The smallest absolute Gasteiger partial charge is 0.410 e. The number of likely N-dealkylation sites (tertiary alicyclic amines) is 1. The molecule has 2 aromatic heterocycles. The van der Waals surface area contributed by atoms with Crippen molar-refractivity contribution in [3.63, 3.8) is 0 Å². The van der Waals surface area contributed by atoms with Gasteiger partial charge < -0.3 is 19.2 Å². The predicted molar refractivity (Wildman–Crippen MR) is 118 cm³/mol. The van der Waals surface area contributed by atoms with Crippen LogP contribution in [-0.2, 0) is 4.74 Å². The zero-order valence-electron chi connectivity index (χ0n) is 17.4. The molecule has 0 spiro atoms. The first-order valence-electron chi connectivity index (χ1n) is 9.74. The van der Waals surface area contributed by atoms with E-state index in [1.54, 1.807) is 16.2 Å². The predicted octanol–water partition coefficient (Wildman–Crippen LogP) is 4.80. The minimum Gasteiger partial charge on any atom is -0.474 e. The summed E-state index contributed by atoms with van der Waals surface area (Å²) in [6.07, 6.45) is 2.38. The second-order valence-corrected chi connectivity index (χ2v) is 9.68. The van der Waals surface area contributed by atoms with Crippen LogP contribution in [0, 0.1) is 6.92 Å². The van der Waals surface area contributed by atoms with Gasteiger partial charge in [0.25, 0.3) is 5.88 Å². The maximum Gasteiger partial charge on any atom is 0.410 e. The van der Waals surface area contributed by atoms with Gasteiger partial charge in [-0.1, -0.05) is 5.16 Å². The molecule has 1 amide bonds. The number of aromatic nitrogens is 2. The van der Waals surface area contributed by atoms with Gasteiger partial charge in [0.1, 0.15) is 12.4 Å². The van der Waals surface area contributed by atoms with Gasteiger partial charge in [-0.05, 0) is 55.8 Å². The van der Waals surface area contributed by atoms with E-state index >= 15 is 0 Å². The van der Waals surface area contributed by atoms with Crippen molar-refractivity contribution in [1.29, 1.82) is 0 Å². The molecule has 0 N–H and O–H groups in total. The fourth-order valence-electron chi connectivity index (χ4n) is 2.89. The van der Waals surface area contributed by atoms with Crippen LogP contribution in [0.3, 0.4) is 0 Å². The minimum absolute atomic E-state index is 0.0387. The molecule has 8 nitrogen and oxygen atoms in total. The highest BCUT2D eigenvalue weighted by Crippen LogP contribution is 2.27. The number of piperidine rings is 1. The van der Waals surface area contributed by atoms with E-state index in [2.05, 4.69) is 31.1 Å². The number of hydrogen-bond donors (Lipinski definition) is 0. The quantitative estimate of drug-likeness (QED) is 0.421. The summed E-state index contributed by atoms with van der Waals surface area (Å²) in [5.41, 5.74) is 1.44. The summed E-state index contributed by atoms with van der Waals surface area (Å²) in [4.78, 5) is 28.7. The topological polar surface area (TPSA) is 86.1 Å². The molecule has 1 saturated heterocycles. The lowest BCUT2D eigenvalue weighted by atomic mass is 10.1. The number of carbonyl (C=O) groups is 1. The molecule has 1 aliphatic heterocycles. The van der Waals surface area contributed by atoms with Crippen molar-refractivity contribution >= 4 is 39.1 Å². The number of oxime groups is 1. The first kappa shape index (κ1) is 22.5. The highest BCUT2D eigenvalue weighted by molar-refractivity contribution is 9.11. The number of nitrogens with zero attached hydrogens (tertiary/aromatic N) is 4. The second kappa shape index (κ2) is 10.2. The van der Waals surface area contributed by atoms with E-state index in [0.717, 1.165) is 14.4 Å². The highest BCUT2D eigenvalue weighted by atomic mass is 79.9. The molecule has 1 fully saturated rings. The van der Waals surface area contributed by atoms with Gasteiger partial charge in [-0.2, -0.15) is 4.98 Å². The van der Waals surface area contributed by atoms with Crippen LogP contribution < -0.4 is 9.57 Å². The number of halogens is 1. The molecule has 10 heteroatoms. The van der Waals surface area contributed by atoms with Gasteiger partial charge in [0, 0.05) is 25.9 Å². The average Bonchev–Trinajstić information content (AvgIpc) is 3.15. The van der Waals surface area contributed by atoms with Crippen LogP contribution in [0.5, 0.6) is 11.8 Å². The fraction of sp³-hybridized carbons (Fsp3) is 0.500. The molecule has 0 aliphatic carbocycles. The van der Waals surface area contributed by atoms with Crippen LogP contribution in [0.1, 0.15) is 44.1 Å². The SMILES string of the molecule is C/C(=N/Oc1ncnc(OC2CCN(C(=O)OC(C)C)CC2)c1C)c1ccc(Br)s1. The number of amides is 1. The standard InChI is InChI=1S/C20H25BrN4O4S/c1-12(2)27-20(26)25-9-7-15(8-10-25)28-18-13(3)19(23-11-22-18)29-24-14(4)16-5-6-17(21)30-16/h5-6,11-12,15H,7-10H2,1-4H3/b24-14-. The summed E-state index contributed by atoms with van der Waals surface area (Å²) in [7, 11) is 0. The molecule has 0 saturated carbocycles. The van der Waals surface area contributed by atoms with E-state index in [4.69, 9.17) is 14.3 Å². The van der Waals surface area contributed by atoms with Crippen molar-refractivity contribution in [1.82, 2.24) is 14.9 Å². The number of hydrogen-bond acceptors (Lipinski definition) is 8. The fourth-order valence-corrected chi connectivity index (χ4v) is 4.21. The van der Waals surface area contributed by atoms with E-state index in [9.17, 15) is 4.79 Å². The van der Waals surface area contributed by atoms with Crippen molar-refractivity contribution < 1.29 is 19.1 Å². The third kappa shape index (κ3) is 5.91. The monoisotopic (exact) mass is 496 g/mol. The first-order chi connectivity index (χ1) is 14.3. The van der Waals surface area contributed by atoms with Gasteiger partial charge in [-0.25, -0.2) is 9.78 Å². The van der Waals surface area contributed by atoms with Crippen molar-refractivity contribution in [2.24, 2.45) is 5.16 Å². The summed E-state index contributed by atoms with van der Waals surface area (Å²) in [5.74, 6) is 0.822. The molecule has 3 rings (SSSR count).